The molecule has 1 saturated carbocycles. The molecule has 110 valence electrons. The van der Waals surface area contributed by atoms with E-state index in [9.17, 15) is 0 Å². The Balaban J connectivity index is 1.76. The normalized spacial score (nSPS) is 14.2. The lowest BCUT2D eigenvalue weighted by Crippen LogP contribution is -2.15. The highest BCUT2D eigenvalue weighted by Crippen LogP contribution is 2.30. The second kappa shape index (κ2) is 6.22. The molecule has 0 amide bonds. The molecule has 1 aromatic carbocycles. The molecule has 0 radical (unpaired) electrons. The quantitative estimate of drug-likeness (QED) is 0.863. The smallest absolute Gasteiger partial charge is 0.219 e. The van der Waals surface area contributed by atoms with E-state index >= 15 is 0 Å². The van der Waals surface area contributed by atoms with Crippen molar-refractivity contribution in [1.29, 1.82) is 0 Å². The molecule has 1 aliphatic carbocycles. The summed E-state index contributed by atoms with van der Waals surface area (Å²) in [5, 5.41) is 4.65. The summed E-state index contributed by atoms with van der Waals surface area (Å²) in [5.41, 5.74) is 2.07. The predicted molar refractivity (Wildman–Crippen MR) is 85.4 cm³/mol. The third-order valence-corrected chi connectivity index (χ3v) is 4.01. The van der Waals surface area contributed by atoms with Crippen LogP contribution in [0.4, 0.5) is 0 Å². The number of nitrogens with one attached hydrogen (secondary N) is 1. The Labute approximate surface area is 134 Å². The Hall–Kier alpha value is -1.29. The number of pyridine rings is 1. The molecule has 0 saturated heterocycles. The van der Waals surface area contributed by atoms with Crippen LogP contribution in [0.15, 0.2) is 30.5 Å². The molecule has 1 aromatic heterocycles. The van der Waals surface area contributed by atoms with Crippen LogP contribution in [0.25, 0.3) is 0 Å². The number of benzene rings is 1. The number of nitrogens with zero attached hydrogens (tertiary/aromatic N) is 1. The molecular formula is C16H16Cl2N2O. The number of aromatic nitrogens is 1. The molecule has 0 bridgehead atoms. The van der Waals surface area contributed by atoms with Gasteiger partial charge < -0.3 is 10.1 Å². The second-order valence-corrected chi connectivity index (χ2v) is 6.12. The molecule has 0 atom stereocenters. The van der Waals surface area contributed by atoms with Crippen LogP contribution in [0, 0.1) is 6.92 Å². The lowest BCUT2D eigenvalue weighted by molar-refractivity contribution is 0.462. The first-order valence-corrected chi connectivity index (χ1v) is 7.69. The van der Waals surface area contributed by atoms with E-state index in [1.165, 1.54) is 12.8 Å². The predicted octanol–water partition coefficient (Wildman–Crippen LogP) is 4.74. The first kappa shape index (κ1) is 14.6. The maximum absolute atomic E-state index is 6.17. The number of aryl methyl sites for hydroxylation is 1. The first-order valence-electron chi connectivity index (χ1n) is 6.93. The van der Waals surface area contributed by atoms with Gasteiger partial charge in [0.25, 0.3) is 0 Å². The lowest BCUT2D eigenvalue weighted by atomic mass is 10.2. The van der Waals surface area contributed by atoms with Crippen LogP contribution in [0.5, 0.6) is 11.6 Å². The van der Waals surface area contributed by atoms with Gasteiger partial charge in [-0.1, -0.05) is 29.3 Å². The van der Waals surface area contributed by atoms with Crippen molar-refractivity contribution in [3.8, 4) is 11.6 Å². The van der Waals surface area contributed by atoms with E-state index in [1.54, 1.807) is 6.20 Å². The van der Waals surface area contributed by atoms with Gasteiger partial charge >= 0.3 is 0 Å². The highest BCUT2D eigenvalue weighted by molar-refractivity contribution is 6.32. The second-order valence-electron chi connectivity index (χ2n) is 5.31. The zero-order valence-corrected chi connectivity index (χ0v) is 13.2. The topological polar surface area (TPSA) is 34.1 Å². The molecule has 2 aromatic rings. The number of halogens is 2. The SMILES string of the molecule is Cc1ccc(Oc2cc(CNC3CC3)c(Cl)cn2)c(Cl)c1. The number of ether oxygens (including phenoxy) is 1. The van der Waals surface area contributed by atoms with Gasteiger partial charge in [-0.25, -0.2) is 4.98 Å². The minimum atomic E-state index is 0.498. The van der Waals surface area contributed by atoms with Gasteiger partial charge in [-0.15, -0.1) is 0 Å². The Morgan fingerprint density at radius 1 is 1.24 bits per heavy atom. The van der Waals surface area contributed by atoms with E-state index in [-0.39, 0.29) is 0 Å². The molecule has 3 rings (SSSR count). The van der Waals surface area contributed by atoms with Crippen molar-refractivity contribution in [2.24, 2.45) is 0 Å². The van der Waals surface area contributed by atoms with E-state index in [2.05, 4.69) is 10.3 Å². The Morgan fingerprint density at radius 3 is 2.76 bits per heavy atom. The van der Waals surface area contributed by atoms with E-state index < -0.39 is 0 Å². The molecule has 21 heavy (non-hydrogen) atoms. The largest absolute Gasteiger partial charge is 0.437 e. The summed E-state index contributed by atoms with van der Waals surface area (Å²) < 4.78 is 5.75. The third-order valence-electron chi connectivity index (χ3n) is 3.37. The summed E-state index contributed by atoms with van der Waals surface area (Å²) in [6.07, 6.45) is 4.10. The molecule has 1 N–H and O–H groups in total. The third kappa shape index (κ3) is 3.88. The Bertz CT molecular complexity index is 657. The lowest BCUT2D eigenvalue weighted by Gasteiger charge is -2.10. The monoisotopic (exact) mass is 322 g/mol. The summed E-state index contributed by atoms with van der Waals surface area (Å²) >= 11 is 12.3. The van der Waals surface area contributed by atoms with Crippen molar-refractivity contribution in [2.75, 3.05) is 0 Å². The van der Waals surface area contributed by atoms with Crippen LogP contribution in [0.1, 0.15) is 24.0 Å². The molecule has 1 heterocycles. The highest BCUT2D eigenvalue weighted by Gasteiger charge is 2.20. The van der Waals surface area contributed by atoms with Gasteiger partial charge in [-0.2, -0.15) is 0 Å². The van der Waals surface area contributed by atoms with Gasteiger partial charge in [-0.05, 0) is 43.0 Å². The minimum absolute atomic E-state index is 0.498. The average Bonchev–Trinajstić information content (AvgIpc) is 3.26. The van der Waals surface area contributed by atoms with E-state index in [0.717, 1.165) is 17.7 Å². The molecule has 3 nitrogen and oxygen atoms in total. The Morgan fingerprint density at radius 2 is 2.05 bits per heavy atom. The minimum Gasteiger partial charge on any atom is -0.437 e. The first-order chi connectivity index (χ1) is 10.1. The summed E-state index contributed by atoms with van der Waals surface area (Å²) in [5.74, 6) is 1.09. The van der Waals surface area contributed by atoms with Gasteiger partial charge in [-0.3, -0.25) is 0 Å². The fourth-order valence-electron chi connectivity index (χ4n) is 1.99. The fourth-order valence-corrected chi connectivity index (χ4v) is 2.44. The van der Waals surface area contributed by atoms with E-state index in [4.69, 9.17) is 27.9 Å². The van der Waals surface area contributed by atoms with Crippen LogP contribution in [-0.4, -0.2) is 11.0 Å². The van der Waals surface area contributed by atoms with Crippen LogP contribution in [0.3, 0.4) is 0 Å². The molecule has 0 spiro atoms. The summed E-state index contributed by atoms with van der Waals surface area (Å²) in [6, 6.07) is 8.14. The van der Waals surface area contributed by atoms with Crippen LogP contribution < -0.4 is 10.1 Å². The zero-order chi connectivity index (χ0) is 14.8. The summed E-state index contributed by atoms with van der Waals surface area (Å²) in [6.45, 7) is 2.71. The van der Waals surface area contributed by atoms with Crippen LogP contribution >= 0.6 is 23.2 Å². The van der Waals surface area contributed by atoms with Gasteiger partial charge in [0.1, 0.15) is 5.75 Å². The van der Waals surface area contributed by atoms with E-state index in [0.29, 0.717) is 27.7 Å². The highest BCUT2D eigenvalue weighted by atomic mass is 35.5. The van der Waals surface area contributed by atoms with Gasteiger partial charge in [0.05, 0.1) is 10.0 Å². The summed E-state index contributed by atoms with van der Waals surface area (Å²) in [4.78, 5) is 4.20. The maximum Gasteiger partial charge on any atom is 0.219 e. The molecule has 1 aliphatic rings. The molecule has 0 unspecified atom stereocenters. The van der Waals surface area contributed by atoms with Crippen LogP contribution in [-0.2, 0) is 6.54 Å². The zero-order valence-electron chi connectivity index (χ0n) is 11.7. The molecular weight excluding hydrogens is 307 g/mol. The van der Waals surface area contributed by atoms with Crippen molar-refractivity contribution in [1.82, 2.24) is 10.3 Å². The molecule has 0 aliphatic heterocycles. The van der Waals surface area contributed by atoms with Crippen molar-refractivity contribution >= 4 is 23.2 Å². The van der Waals surface area contributed by atoms with Crippen molar-refractivity contribution in [2.45, 2.75) is 32.4 Å². The van der Waals surface area contributed by atoms with Crippen molar-refractivity contribution in [3.05, 3.63) is 51.6 Å². The van der Waals surface area contributed by atoms with Gasteiger partial charge in [0, 0.05) is 24.8 Å². The summed E-state index contributed by atoms with van der Waals surface area (Å²) in [7, 11) is 0. The molecule has 5 heteroatoms. The average molecular weight is 323 g/mol. The van der Waals surface area contributed by atoms with Crippen molar-refractivity contribution < 1.29 is 4.74 Å². The van der Waals surface area contributed by atoms with Crippen molar-refractivity contribution in [3.63, 3.8) is 0 Å². The van der Waals surface area contributed by atoms with E-state index in [1.807, 2.05) is 31.2 Å². The van der Waals surface area contributed by atoms with Crippen LogP contribution in [0.2, 0.25) is 10.0 Å². The maximum atomic E-state index is 6.17. The molecule has 1 fully saturated rings. The van der Waals surface area contributed by atoms with Gasteiger partial charge in [0.2, 0.25) is 5.88 Å². The number of hydrogen-bond donors (Lipinski definition) is 1. The Kier molecular flexibility index (Phi) is 4.34. The van der Waals surface area contributed by atoms with Gasteiger partial charge in [0.15, 0.2) is 0 Å². The standard InChI is InChI=1S/C16H16Cl2N2O/c1-10-2-5-15(13(17)6-10)21-16-7-11(14(18)9-20-16)8-19-12-3-4-12/h2,5-7,9,12,19H,3-4,8H2,1H3. The fraction of sp³-hybridized carbons (Fsp3) is 0.312. The number of rotatable bonds is 5. The number of hydrogen-bond acceptors (Lipinski definition) is 3.